The van der Waals surface area contributed by atoms with Gasteiger partial charge < -0.3 is 19.5 Å². The average Bonchev–Trinajstić information content (AvgIpc) is 2.53. The Morgan fingerprint density at radius 1 is 1.00 bits per heavy atom. The Morgan fingerprint density at radius 2 is 1.54 bits per heavy atom. The lowest BCUT2D eigenvalue weighted by Gasteiger charge is -2.13. The zero-order chi connectivity index (χ0) is 17.7. The van der Waals surface area contributed by atoms with Crippen LogP contribution < -0.4 is 19.5 Å². The molecule has 0 unspecified atom stereocenters. The molecule has 0 fully saturated rings. The predicted octanol–water partition coefficient (Wildman–Crippen LogP) is 3.99. The monoisotopic (exact) mass is 349 g/mol. The van der Waals surface area contributed by atoms with E-state index in [0.717, 1.165) is 11.1 Å². The van der Waals surface area contributed by atoms with E-state index in [1.54, 1.807) is 44.6 Å². The van der Waals surface area contributed by atoms with E-state index in [9.17, 15) is 4.79 Å². The van der Waals surface area contributed by atoms with Crippen molar-refractivity contribution >= 4 is 23.2 Å². The van der Waals surface area contributed by atoms with Crippen molar-refractivity contribution in [1.82, 2.24) is 0 Å². The Labute approximate surface area is 146 Å². The average molecular weight is 350 g/mol. The molecular weight excluding hydrogens is 330 g/mol. The van der Waals surface area contributed by atoms with Gasteiger partial charge in [-0.15, -0.1) is 0 Å². The summed E-state index contributed by atoms with van der Waals surface area (Å²) in [5.74, 6) is 1.57. The topological polar surface area (TPSA) is 56.8 Å². The Balaban J connectivity index is 2.04. The molecule has 0 aromatic heterocycles. The number of benzene rings is 2. The predicted molar refractivity (Wildman–Crippen MR) is 94.6 cm³/mol. The number of hydrogen-bond acceptors (Lipinski definition) is 4. The first-order chi connectivity index (χ1) is 11.4. The van der Waals surface area contributed by atoms with Crippen molar-refractivity contribution in [3.05, 3.63) is 46.5 Å². The molecule has 24 heavy (non-hydrogen) atoms. The van der Waals surface area contributed by atoms with Gasteiger partial charge in [0.2, 0.25) is 0 Å². The van der Waals surface area contributed by atoms with Gasteiger partial charge in [-0.25, -0.2) is 0 Å². The molecule has 0 radical (unpaired) electrons. The van der Waals surface area contributed by atoms with Crippen LogP contribution in [0.3, 0.4) is 0 Å². The SMILES string of the molecule is COc1cc(NC(=O)COc2c(C)cc(Cl)cc2C)cc(OC)c1. The number of rotatable bonds is 6. The van der Waals surface area contributed by atoms with Gasteiger partial charge in [0.15, 0.2) is 6.61 Å². The molecule has 2 aromatic rings. The van der Waals surface area contributed by atoms with Crippen LogP contribution in [0.25, 0.3) is 0 Å². The molecule has 0 heterocycles. The quantitative estimate of drug-likeness (QED) is 0.856. The Hall–Kier alpha value is -2.40. The van der Waals surface area contributed by atoms with Crippen LogP contribution in [-0.4, -0.2) is 26.7 Å². The van der Waals surface area contributed by atoms with Crippen molar-refractivity contribution in [2.24, 2.45) is 0 Å². The van der Waals surface area contributed by atoms with Crippen molar-refractivity contribution in [1.29, 1.82) is 0 Å². The zero-order valence-corrected chi connectivity index (χ0v) is 14.9. The Kier molecular flexibility index (Phi) is 5.93. The summed E-state index contributed by atoms with van der Waals surface area (Å²) >= 11 is 5.99. The highest BCUT2D eigenvalue weighted by molar-refractivity contribution is 6.30. The number of halogens is 1. The lowest BCUT2D eigenvalue weighted by Crippen LogP contribution is -2.20. The molecule has 0 spiro atoms. The fraction of sp³-hybridized carbons (Fsp3) is 0.278. The fourth-order valence-electron chi connectivity index (χ4n) is 2.34. The Morgan fingerprint density at radius 3 is 2.04 bits per heavy atom. The first kappa shape index (κ1) is 17.9. The van der Waals surface area contributed by atoms with Gasteiger partial charge in [-0.05, 0) is 37.1 Å². The molecule has 2 aromatic carbocycles. The van der Waals surface area contributed by atoms with Crippen LogP contribution in [0.4, 0.5) is 5.69 Å². The van der Waals surface area contributed by atoms with E-state index >= 15 is 0 Å². The van der Waals surface area contributed by atoms with Gasteiger partial charge in [-0.1, -0.05) is 11.6 Å². The van der Waals surface area contributed by atoms with E-state index in [0.29, 0.717) is 28.0 Å². The van der Waals surface area contributed by atoms with Crippen LogP contribution >= 0.6 is 11.6 Å². The van der Waals surface area contributed by atoms with Crippen molar-refractivity contribution in [2.75, 3.05) is 26.1 Å². The third-order valence-electron chi connectivity index (χ3n) is 3.41. The Bertz CT molecular complexity index is 701. The molecule has 5 nitrogen and oxygen atoms in total. The van der Waals surface area contributed by atoms with Crippen molar-refractivity contribution in [3.8, 4) is 17.2 Å². The van der Waals surface area contributed by atoms with E-state index in [1.165, 1.54) is 0 Å². The van der Waals surface area contributed by atoms with Crippen molar-refractivity contribution in [2.45, 2.75) is 13.8 Å². The van der Waals surface area contributed by atoms with Gasteiger partial charge in [0.1, 0.15) is 17.2 Å². The van der Waals surface area contributed by atoms with E-state index in [-0.39, 0.29) is 12.5 Å². The van der Waals surface area contributed by atoms with Gasteiger partial charge in [0.25, 0.3) is 5.91 Å². The molecule has 0 aliphatic heterocycles. The lowest BCUT2D eigenvalue weighted by molar-refractivity contribution is -0.118. The van der Waals surface area contributed by atoms with Crippen LogP contribution in [-0.2, 0) is 4.79 Å². The number of carbonyl (C=O) groups excluding carboxylic acids is 1. The normalized spacial score (nSPS) is 10.2. The highest BCUT2D eigenvalue weighted by Crippen LogP contribution is 2.28. The number of anilines is 1. The smallest absolute Gasteiger partial charge is 0.262 e. The first-order valence-electron chi connectivity index (χ1n) is 7.35. The molecule has 1 N–H and O–H groups in total. The third kappa shape index (κ3) is 4.55. The van der Waals surface area contributed by atoms with Gasteiger partial charge in [0, 0.05) is 28.9 Å². The molecule has 0 saturated heterocycles. The maximum atomic E-state index is 12.1. The lowest BCUT2D eigenvalue weighted by atomic mass is 10.1. The fourth-order valence-corrected chi connectivity index (χ4v) is 2.67. The second kappa shape index (κ2) is 7.93. The summed E-state index contributed by atoms with van der Waals surface area (Å²) in [6, 6.07) is 8.74. The van der Waals surface area contributed by atoms with E-state index < -0.39 is 0 Å². The number of ether oxygens (including phenoxy) is 3. The molecule has 128 valence electrons. The van der Waals surface area contributed by atoms with Crippen LogP contribution in [0.2, 0.25) is 5.02 Å². The standard InChI is InChI=1S/C18H20ClNO4/c1-11-5-13(19)6-12(2)18(11)24-10-17(21)20-14-7-15(22-3)9-16(8-14)23-4/h5-9H,10H2,1-4H3,(H,20,21). The molecule has 0 bridgehead atoms. The number of aryl methyl sites for hydroxylation is 2. The second-order valence-corrected chi connectivity index (χ2v) is 5.74. The van der Waals surface area contributed by atoms with Gasteiger partial charge in [0.05, 0.1) is 14.2 Å². The zero-order valence-electron chi connectivity index (χ0n) is 14.1. The summed E-state index contributed by atoms with van der Waals surface area (Å²) in [6.07, 6.45) is 0. The summed E-state index contributed by atoms with van der Waals surface area (Å²) in [4.78, 5) is 12.1. The van der Waals surface area contributed by atoms with Crippen LogP contribution in [0.5, 0.6) is 17.2 Å². The summed E-state index contributed by atoms with van der Waals surface area (Å²) in [5, 5.41) is 3.41. The molecule has 0 aliphatic rings. The molecule has 1 amide bonds. The first-order valence-corrected chi connectivity index (χ1v) is 7.73. The highest BCUT2D eigenvalue weighted by atomic mass is 35.5. The second-order valence-electron chi connectivity index (χ2n) is 5.31. The van der Waals surface area contributed by atoms with E-state index in [2.05, 4.69) is 5.32 Å². The summed E-state index contributed by atoms with van der Waals surface area (Å²) in [6.45, 7) is 3.67. The molecular formula is C18H20ClNO4. The summed E-state index contributed by atoms with van der Waals surface area (Å²) in [7, 11) is 3.10. The van der Waals surface area contributed by atoms with Crippen LogP contribution in [0, 0.1) is 13.8 Å². The molecule has 6 heteroatoms. The van der Waals surface area contributed by atoms with Crippen LogP contribution in [0.15, 0.2) is 30.3 Å². The minimum Gasteiger partial charge on any atom is -0.497 e. The molecule has 2 rings (SSSR count). The molecule has 0 saturated carbocycles. The maximum Gasteiger partial charge on any atom is 0.262 e. The number of nitrogens with one attached hydrogen (secondary N) is 1. The third-order valence-corrected chi connectivity index (χ3v) is 3.63. The van der Waals surface area contributed by atoms with Crippen LogP contribution in [0.1, 0.15) is 11.1 Å². The van der Waals surface area contributed by atoms with Crippen molar-refractivity contribution in [3.63, 3.8) is 0 Å². The maximum absolute atomic E-state index is 12.1. The molecule has 0 aliphatic carbocycles. The van der Waals surface area contributed by atoms with Gasteiger partial charge in [-0.2, -0.15) is 0 Å². The number of amides is 1. The number of carbonyl (C=O) groups is 1. The minimum absolute atomic E-state index is 0.108. The summed E-state index contributed by atoms with van der Waals surface area (Å²) in [5.41, 5.74) is 2.34. The van der Waals surface area contributed by atoms with E-state index in [1.807, 2.05) is 13.8 Å². The highest BCUT2D eigenvalue weighted by Gasteiger charge is 2.10. The molecule has 0 atom stereocenters. The largest absolute Gasteiger partial charge is 0.497 e. The van der Waals surface area contributed by atoms with E-state index in [4.69, 9.17) is 25.8 Å². The van der Waals surface area contributed by atoms with Gasteiger partial charge in [-0.3, -0.25) is 4.79 Å². The van der Waals surface area contributed by atoms with Crippen molar-refractivity contribution < 1.29 is 19.0 Å². The van der Waals surface area contributed by atoms with Gasteiger partial charge >= 0.3 is 0 Å². The number of methoxy groups -OCH3 is 2. The minimum atomic E-state index is -0.279. The summed E-state index contributed by atoms with van der Waals surface area (Å²) < 4.78 is 16.0. The number of hydrogen-bond donors (Lipinski definition) is 1.